The molecule has 17 heavy (non-hydrogen) atoms. The van der Waals surface area contributed by atoms with Crippen LogP contribution in [0.4, 0.5) is 0 Å². The van der Waals surface area contributed by atoms with Crippen LogP contribution in [0.25, 0.3) is 0 Å². The van der Waals surface area contributed by atoms with Crippen LogP contribution >= 0.6 is 0 Å². The van der Waals surface area contributed by atoms with E-state index >= 15 is 0 Å². The number of ether oxygens (including phenoxy) is 1. The molecule has 2 rings (SSSR count). The third-order valence-electron chi connectivity index (χ3n) is 3.33. The zero-order chi connectivity index (χ0) is 12.3. The minimum Gasteiger partial charge on any atom is -0.394 e. The molecule has 3 atom stereocenters. The molecule has 0 radical (unpaired) electrons. The number of morpholine rings is 1. The van der Waals surface area contributed by atoms with E-state index in [1.807, 2.05) is 11.8 Å². The van der Waals surface area contributed by atoms with Crippen molar-refractivity contribution < 1.29 is 14.6 Å². The van der Waals surface area contributed by atoms with Gasteiger partial charge in [0.1, 0.15) is 0 Å². The number of nitrogens with one attached hydrogen (secondary N) is 2. The predicted molar refractivity (Wildman–Crippen MR) is 62.7 cm³/mol. The molecule has 1 amide bonds. The van der Waals surface area contributed by atoms with Crippen LogP contribution in [0.3, 0.4) is 0 Å². The number of piperazine rings is 1. The van der Waals surface area contributed by atoms with Crippen molar-refractivity contribution in [2.75, 3.05) is 39.4 Å². The van der Waals surface area contributed by atoms with E-state index in [2.05, 4.69) is 10.6 Å². The third kappa shape index (κ3) is 2.95. The van der Waals surface area contributed by atoms with Gasteiger partial charge in [-0.05, 0) is 6.92 Å². The molecule has 2 heterocycles. The molecule has 98 valence electrons. The molecule has 2 saturated heterocycles. The normalized spacial score (nSPS) is 34.7. The lowest BCUT2D eigenvalue weighted by Gasteiger charge is -2.40. The number of aliphatic hydroxyl groups is 1. The number of nitrogens with zero attached hydrogens (tertiary/aromatic N) is 1. The number of aliphatic hydroxyl groups excluding tert-OH is 1. The van der Waals surface area contributed by atoms with Gasteiger partial charge in [-0.3, -0.25) is 4.79 Å². The van der Waals surface area contributed by atoms with Gasteiger partial charge in [0.2, 0.25) is 5.91 Å². The fraction of sp³-hybridized carbons (Fsp3) is 0.909. The molecular formula is C11H21N3O3. The van der Waals surface area contributed by atoms with Crippen molar-refractivity contribution in [2.24, 2.45) is 0 Å². The van der Waals surface area contributed by atoms with Crippen LogP contribution in [-0.4, -0.2) is 73.5 Å². The second kappa shape index (κ2) is 5.77. The molecule has 2 aliphatic heterocycles. The van der Waals surface area contributed by atoms with Gasteiger partial charge in [0, 0.05) is 26.2 Å². The van der Waals surface area contributed by atoms with Crippen LogP contribution in [0.2, 0.25) is 0 Å². The Labute approximate surface area is 101 Å². The van der Waals surface area contributed by atoms with Gasteiger partial charge in [-0.1, -0.05) is 0 Å². The monoisotopic (exact) mass is 243 g/mol. The average molecular weight is 243 g/mol. The Balaban J connectivity index is 1.95. The molecule has 2 fully saturated rings. The molecule has 6 nitrogen and oxygen atoms in total. The molecular weight excluding hydrogens is 222 g/mol. The molecule has 3 unspecified atom stereocenters. The summed E-state index contributed by atoms with van der Waals surface area (Å²) in [6.07, 6.45) is -0.244. The lowest BCUT2D eigenvalue weighted by Crippen LogP contribution is -2.61. The Hall–Kier alpha value is -0.690. The summed E-state index contributed by atoms with van der Waals surface area (Å²) in [5, 5.41) is 15.5. The summed E-state index contributed by atoms with van der Waals surface area (Å²) < 4.78 is 5.43. The number of carbonyl (C=O) groups is 1. The fourth-order valence-corrected chi connectivity index (χ4v) is 2.26. The number of hydrogen-bond acceptors (Lipinski definition) is 5. The minimum absolute atomic E-state index is 0.0349. The zero-order valence-electron chi connectivity index (χ0n) is 10.2. The number of amides is 1. The largest absolute Gasteiger partial charge is 0.394 e. The number of carbonyl (C=O) groups excluding carboxylic acids is 1. The van der Waals surface area contributed by atoms with Crippen LogP contribution in [0.15, 0.2) is 0 Å². The van der Waals surface area contributed by atoms with Crippen molar-refractivity contribution in [3.05, 3.63) is 0 Å². The van der Waals surface area contributed by atoms with Crippen LogP contribution in [0.1, 0.15) is 6.92 Å². The maximum Gasteiger partial charge on any atom is 0.241 e. The van der Waals surface area contributed by atoms with Crippen molar-refractivity contribution in [2.45, 2.75) is 25.1 Å². The smallest absolute Gasteiger partial charge is 0.241 e. The summed E-state index contributed by atoms with van der Waals surface area (Å²) in [5.74, 6) is 0.103. The molecule has 6 heteroatoms. The van der Waals surface area contributed by atoms with Crippen molar-refractivity contribution in [1.82, 2.24) is 15.5 Å². The summed E-state index contributed by atoms with van der Waals surface area (Å²) in [5.41, 5.74) is 0. The quantitative estimate of drug-likeness (QED) is 0.531. The first-order valence-electron chi connectivity index (χ1n) is 6.19. The van der Waals surface area contributed by atoms with E-state index in [1.165, 1.54) is 0 Å². The van der Waals surface area contributed by atoms with Gasteiger partial charge >= 0.3 is 0 Å². The Kier molecular flexibility index (Phi) is 4.33. The fourth-order valence-electron chi connectivity index (χ4n) is 2.26. The highest BCUT2D eigenvalue weighted by atomic mass is 16.5. The summed E-state index contributed by atoms with van der Waals surface area (Å²) in [4.78, 5) is 14.1. The molecule has 0 spiro atoms. The van der Waals surface area contributed by atoms with Crippen molar-refractivity contribution in [3.8, 4) is 0 Å². The van der Waals surface area contributed by atoms with Gasteiger partial charge in [-0.15, -0.1) is 0 Å². The van der Waals surface area contributed by atoms with Gasteiger partial charge in [-0.25, -0.2) is 0 Å². The second-order valence-corrected chi connectivity index (χ2v) is 4.69. The second-order valence-electron chi connectivity index (χ2n) is 4.69. The summed E-state index contributed by atoms with van der Waals surface area (Å²) in [6.45, 7) is 5.31. The van der Waals surface area contributed by atoms with E-state index in [9.17, 15) is 4.79 Å². The Morgan fingerprint density at radius 3 is 3.00 bits per heavy atom. The lowest BCUT2D eigenvalue weighted by atomic mass is 10.1. The molecule has 0 aromatic heterocycles. The predicted octanol–water partition coefficient (Wildman–Crippen LogP) is -1.84. The van der Waals surface area contributed by atoms with Gasteiger partial charge in [0.05, 0.1) is 31.4 Å². The Bertz CT molecular complexity index is 269. The number of hydrogen-bond donors (Lipinski definition) is 3. The molecule has 3 N–H and O–H groups in total. The first-order valence-corrected chi connectivity index (χ1v) is 6.19. The maximum atomic E-state index is 12.3. The van der Waals surface area contributed by atoms with E-state index < -0.39 is 0 Å². The summed E-state index contributed by atoms with van der Waals surface area (Å²) in [7, 11) is 0. The molecule has 0 saturated carbocycles. The molecule has 0 aromatic rings. The van der Waals surface area contributed by atoms with E-state index in [1.54, 1.807) is 0 Å². The third-order valence-corrected chi connectivity index (χ3v) is 3.33. The van der Waals surface area contributed by atoms with E-state index in [0.29, 0.717) is 19.7 Å². The van der Waals surface area contributed by atoms with Crippen molar-refractivity contribution in [1.29, 1.82) is 0 Å². The lowest BCUT2D eigenvalue weighted by molar-refractivity contribution is -0.148. The Morgan fingerprint density at radius 1 is 1.53 bits per heavy atom. The van der Waals surface area contributed by atoms with Crippen molar-refractivity contribution >= 4 is 5.91 Å². The highest BCUT2D eigenvalue weighted by Crippen LogP contribution is 2.13. The van der Waals surface area contributed by atoms with Gasteiger partial charge in [-0.2, -0.15) is 0 Å². The van der Waals surface area contributed by atoms with Gasteiger partial charge in [0.15, 0.2) is 0 Å². The standard InChI is InChI=1S/C11H21N3O3/c1-8-7-17-9(6-15)5-14(8)11(16)10-4-12-2-3-13-10/h8-10,12-13,15H,2-7H2,1H3. The topological polar surface area (TPSA) is 73.8 Å². The van der Waals surface area contributed by atoms with Crippen molar-refractivity contribution in [3.63, 3.8) is 0 Å². The highest BCUT2D eigenvalue weighted by Gasteiger charge is 2.33. The van der Waals surface area contributed by atoms with E-state index in [4.69, 9.17) is 9.84 Å². The molecule has 0 bridgehead atoms. The van der Waals surface area contributed by atoms with Crippen LogP contribution in [0, 0.1) is 0 Å². The number of rotatable bonds is 2. The first kappa shape index (κ1) is 12.8. The summed E-state index contributed by atoms with van der Waals surface area (Å²) >= 11 is 0. The summed E-state index contributed by atoms with van der Waals surface area (Å²) in [6, 6.07) is -0.0716. The minimum atomic E-state index is -0.244. The van der Waals surface area contributed by atoms with Gasteiger partial charge in [0.25, 0.3) is 0 Å². The van der Waals surface area contributed by atoms with Crippen LogP contribution in [0.5, 0.6) is 0 Å². The first-order chi connectivity index (χ1) is 8.22. The molecule has 0 aliphatic carbocycles. The Morgan fingerprint density at radius 2 is 2.35 bits per heavy atom. The molecule has 0 aromatic carbocycles. The van der Waals surface area contributed by atoms with Crippen LogP contribution in [-0.2, 0) is 9.53 Å². The molecule has 2 aliphatic rings. The van der Waals surface area contributed by atoms with E-state index in [-0.39, 0.29) is 30.7 Å². The zero-order valence-corrected chi connectivity index (χ0v) is 10.2. The van der Waals surface area contributed by atoms with E-state index in [0.717, 1.165) is 13.1 Å². The maximum absolute atomic E-state index is 12.3. The average Bonchev–Trinajstić information content (AvgIpc) is 2.39. The highest BCUT2D eigenvalue weighted by molar-refractivity contribution is 5.82. The van der Waals surface area contributed by atoms with Crippen LogP contribution < -0.4 is 10.6 Å². The van der Waals surface area contributed by atoms with Gasteiger partial charge < -0.3 is 25.4 Å². The SMILES string of the molecule is CC1COC(CO)CN1C(=O)C1CNCCN1.